The summed E-state index contributed by atoms with van der Waals surface area (Å²) >= 11 is 0. The summed E-state index contributed by atoms with van der Waals surface area (Å²) in [4.78, 5) is 22.0. The molecule has 0 unspecified atom stereocenters. The minimum atomic E-state index is -3.46. The van der Waals surface area contributed by atoms with Crippen LogP contribution < -0.4 is 0 Å². The van der Waals surface area contributed by atoms with E-state index in [1.807, 2.05) is 0 Å². The van der Waals surface area contributed by atoms with Gasteiger partial charge in [-0.15, -0.1) is 0 Å². The van der Waals surface area contributed by atoms with Crippen LogP contribution in [0.15, 0.2) is 18.2 Å². The number of nitro groups is 1. The lowest BCUT2D eigenvalue weighted by molar-refractivity contribution is -0.385. The van der Waals surface area contributed by atoms with Crippen LogP contribution in [0.1, 0.15) is 15.9 Å². The number of rotatable bonds is 6. The minimum absolute atomic E-state index is 0.165. The van der Waals surface area contributed by atoms with Gasteiger partial charge in [-0.05, 0) is 5.56 Å². The van der Waals surface area contributed by atoms with Gasteiger partial charge in [0, 0.05) is 20.3 Å². The van der Waals surface area contributed by atoms with E-state index in [1.54, 1.807) is 0 Å². The van der Waals surface area contributed by atoms with Crippen molar-refractivity contribution in [3.63, 3.8) is 0 Å². The van der Waals surface area contributed by atoms with Crippen LogP contribution in [0.25, 0.3) is 0 Å². The molecule has 0 aromatic heterocycles. The number of nitrogens with zero attached hydrogens (tertiary/aromatic N) is 1. The van der Waals surface area contributed by atoms with E-state index in [9.17, 15) is 19.5 Å². The Balaban J connectivity index is 3.40. The fourth-order valence-electron chi connectivity index (χ4n) is 1.62. The minimum Gasteiger partial charge on any atom is -0.465 e. The van der Waals surface area contributed by atoms with Gasteiger partial charge in [-0.25, -0.2) is 4.79 Å². The fourth-order valence-corrected chi connectivity index (χ4v) is 2.71. The van der Waals surface area contributed by atoms with Crippen LogP contribution in [0.3, 0.4) is 0 Å². The number of carbonyl (C=O) groups excluding carboxylic acids is 1. The van der Waals surface area contributed by atoms with Crippen molar-refractivity contribution in [1.29, 1.82) is 0 Å². The van der Waals surface area contributed by atoms with E-state index in [2.05, 4.69) is 4.74 Å². The molecule has 0 bridgehead atoms. The largest absolute Gasteiger partial charge is 0.465 e. The lowest BCUT2D eigenvalue weighted by Gasteiger charge is -2.15. The van der Waals surface area contributed by atoms with Crippen LogP contribution in [-0.2, 0) is 24.5 Å². The third kappa shape index (κ3) is 3.41. The summed E-state index contributed by atoms with van der Waals surface area (Å²) in [5.74, 6) is -0.883. The molecule has 0 aliphatic carbocycles. The maximum Gasteiger partial charge on any atom is 0.345 e. The second-order valence-corrected chi connectivity index (χ2v) is 5.96. The average molecular weight is 303 g/mol. The number of hydrogen-bond donors (Lipinski definition) is 0. The summed E-state index contributed by atoms with van der Waals surface area (Å²) in [7, 11) is 0.0334. The van der Waals surface area contributed by atoms with Gasteiger partial charge in [0.1, 0.15) is 5.56 Å². The highest BCUT2D eigenvalue weighted by atomic mass is 31.2. The Morgan fingerprint density at radius 2 is 1.90 bits per heavy atom. The average Bonchev–Trinajstić information content (AvgIpc) is 2.45. The molecule has 20 heavy (non-hydrogen) atoms. The van der Waals surface area contributed by atoms with Gasteiger partial charge in [0.2, 0.25) is 0 Å². The Bertz CT molecular complexity index is 564. The molecular formula is C11H14NO7P. The smallest absolute Gasteiger partial charge is 0.345 e. The molecule has 0 heterocycles. The third-order valence-electron chi connectivity index (χ3n) is 2.64. The zero-order chi connectivity index (χ0) is 15.3. The molecule has 1 aromatic rings. The first-order valence-corrected chi connectivity index (χ1v) is 7.16. The summed E-state index contributed by atoms with van der Waals surface area (Å²) in [5.41, 5.74) is -0.513. The van der Waals surface area contributed by atoms with Crippen LogP contribution in [0.5, 0.6) is 0 Å². The lowest BCUT2D eigenvalue weighted by Crippen LogP contribution is -2.10. The van der Waals surface area contributed by atoms with Crippen LogP contribution >= 0.6 is 7.60 Å². The molecule has 0 radical (unpaired) electrons. The van der Waals surface area contributed by atoms with Crippen LogP contribution in [0.4, 0.5) is 5.69 Å². The van der Waals surface area contributed by atoms with Crippen molar-refractivity contribution >= 4 is 19.3 Å². The molecule has 0 saturated heterocycles. The Morgan fingerprint density at radius 3 is 2.35 bits per heavy atom. The molecule has 0 atom stereocenters. The predicted octanol–water partition coefficient (Wildman–Crippen LogP) is 2.37. The highest BCUT2D eigenvalue weighted by molar-refractivity contribution is 7.52. The highest BCUT2D eigenvalue weighted by Crippen LogP contribution is 2.50. The molecule has 0 spiro atoms. The number of ether oxygens (including phenoxy) is 1. The molecule has 0 N–H and O–H groups in total. The summed E-state index contributed by atoms with van der Waals surface area (Å²) in [6.07, 6.45) is -0.272. The van der Waals surface area contributed by atoms with Gasteiger partial charge < -0.3 is 13.8 Å². The van der Waals surface area contributed by atoms with E-state index in [-0.39, 0.29) is 17.3 Å². The van der Waals surface area contributed by atoms with Crippen molar-refractivity contribution in [1.82, 2.24) is 0 Å². The van der Waals surface area contributed by atoms with Crippen molar-refractivity contribution < 1.29 is 28.1 Å². The molecule has 0 amide bonds. The monoisotopic (exact) mass is 303 g/mol. The Labute approximate surface area is 115 Å². The van der Waals surface area contributed by atoms with Crippen molar-refractivity contribution in [2.75, 3.05) is 21.3 Å². The quantitative estimate of drug-likeness (QED) is 0.344. The first-order valence-electron chi connectivity index (χ1n) is 5.43. The predicted molar refractivity (Wildman–Crippen MR) is 69.8 cm³/mol. The van der Waals surface area contributed by atoms with Crippen molar-refractivity contribution in [3.8, 4) is 0 Å². The molecular weight excluding hydrogens is 289 g/mol. The fraction of sp³-hybridized carbons (Fsp3) is 0.364. The Kier molecular flexibility index (Phi) is 5.38. The molecule has 9 heteroatoms. The standard InChI is InChI=1S/C11H14NO7P/c1-17-11(13)10-8(7-20(16,18-2)19-3)5-4-6-9(10)12(14)15/h4-6H,7H2,1-3H3. The second kappa shape index (κ2) is 6.60. The molecule has 110 valence electrons. The highest BCUT2D eigenvalue weighted by Gasteiger charge is 2.30. The van der Waals surface area contributed by atoms with Gasteiger partial charge in [-0.2, -0.15) is 0 Å². The number of nitro benzene ring substituents is 1. The van der Waals surface area contributed by atoms with Gasteiger partial charge in [0.25, 0.3) is 5.69 Å². The van der Waals surface area contributed by atoms with E-state index in [4.69, 9.17) is 9.05 Å². The van der Waals surface area contributed by atoms with Crippen LogP contribution in [0.2, 0.25) is 0 Å². The number of benzene rings is 1. The zero-order valence-electron chi connectivity index (χ0n) is 11.2. The number of carbonyl (C=O) groups is 1. The van der Waals surface area contributed by atoms with E-state index in [0.717, 1.165) is 7.11 Å². The number of methoxy groups -OCH3 is 1. The van der Waals surface area contributed by atoms with E-state index in [1.165, 1.54) is 32.4 Å². The van der Waals surface area contributed by atoms with Crippen molar-refractivity contribution in [2.24, 2.45) is 0 Å². The maximum absolute atomic E-state index is 12.1. The van der Waals surface area contributed by atoms with Gasteiger partial charge in [0.15, 0.2) is 0 Å². The second-order valence-electron chi connectivity index (χ2n) is 3.69. The molecule has 0 aliphatic rings. The first-order chi connectivity index (χ1) is 9.38. The molecule has 0 fully saturated rings. The lowest BCUT2D eigenvalue weighted by atomic mass is 10.1. The van der Waals surface area contributed by atoms with Gasteiger partial charge in [0.05, 0.1) is 18.2 Å². The summed E-state index contributed by atoms with van der Waals surface area (Å²) in [6, 6.07) is 3.99. The van der Waals surface area contributed by atoms with Crippen LogP contribution in [0, 0.1) is 10.1 Å². The topological polar surface area (TPSA) is 105 Å². The number of hydrogen-bond acceptors (Lipinski definition) is 7. The summed E-state index contributed by atoms with van der Waals surface area (Å²) in [6.45, 7) is 0. The molecule has 1 aromatic carbocycles. The molecule has 1 rings (SSSR count). The first kappa shape index (κ1) is 16.3. The van der Waals surface area contributed by atoms with E-state index >= 15 is 0 Å². The molecule has 0 aliphatic heterocycles. The van der Waals surface area contributed by atoms with Crippen molar-refractivity contribution in [3.05, 3.63) is 39.4 Å². The van der Waals surface area contributed by atoms with Gasteiger partial charge >= 0.3 is 13.6 Å². The molecule has 0 saturated carbocycles. The zero-order valence-corrected chi connectivity index (χ0v) is 12.1. The SMILES string of the molecule is COC(=O)c1c(CP(=O)(OC)OC)cccc1[N+](=O)[O-]. The molecule has 8 nitrogen and oxygen atoms in total. The van der Waals surface area contributed by atoms with Crippen LogP contribution in [-0.4, -0.2) is 32.2 Å². The third-order valence-corrected chi connectivity index (χ3v) is 4.48. The Morgan fingerprint density at radius 1 is 1.30 bits per heavy atom. The normalized spacial score (nSPS) is 11.2. The Hall–Kier alpha value is -1.76. The van der Waals surface area contributed by atoms with E-state index in [0.29, 0.717) is 0 Å². The van der Waals surface area contributed by atoms with Crippen molar-refractivity contribution in [2.45, 2.75) is 6.16 Å². The number of esters is 1. The summed E-state index contributed by atoms with van der Waals surface area (Å²) in [5, 5.41) is 11.0. The van der Waals surface area contributed by atoms with Gasteiger partial charge in [-0.1, -0.05) is 12.1 Å². The maximum atomic E-state index is 12.1. The van der Waals surface area contributed by atoms with Gasteiger partial charge in [-0.3, -0.25) is 14.7 Å². The summed E-state index contributed by atoms with van der Waals surface area (Å²) < 4.78 is 26.2. The van der Waals surface area contributed by atoms with E-state index < -0.39 is 24.2 Å².